The first-order chi connectivity index (χ1) is 15.5. The SMILES string of the molecule is COc1ccc(C(=O)C2CCN(CC(=O)NC(=O)C3=CC4=C(COCC4)CO3)CC2)cc1. The van der Waals surface area contributed by atoms with E-state index in [0.717, 1.165) is 23.3 Å². The van der Waals surface area contributed by atoms with Crippen LogP contribution in [0.1, 0.15) is 29.6 Å². The Morgan fingerprint density at radius 3 is 2.59 bits per heavy atom. The van der Waals surface area contributed by atoms with E-state index in [9.17, 15) is 14.4 Å². The number of imide groups is 1. The number of carbonyl (C=O) groups is 3. The Morgan fingerprint density at radius 1 is 1.12 bits per heavy atom. The third-order valence-electron chi connectivity index (χ3n) is 6.13. The molecule has 0 bridgehead atoms. The smallest absolute Gasteiger partial charge is 0.292 e. The molecule has 8 nitrogen and oxygen atoms in total. The topological polar surface area (TPSA) is 94.2 Å². The number of hydrogen-bond acceptors (Lipinski definition) is 7. The predicted molar refractivity (Wildman–Crippen MR) is 116 cm³/mol. The summed E-state index contributed by atoms with van der Waals surface area (Å²) in [6.45, 7) is 2.84. The Labute approximate surface area is 187 Å². The number of ether oxygens (including phenoxy) is 3. The summed E-state index contributed by atoms with van der Waals surface area (Å²) in [5.41, 5.74) is 2.78. The third-order valence-corrected chi connectivity index (χ3v) is 6.13. The number of rotatable bonds is 6. The molecule has 4 rings (SSSR count). The first kappa shape index (κ1) is 22.2. The van der Waals surface area contributed by atoms with Gasteiger partial charge in [-0.2, -0.15) is 0 Å². The van der Waals surface area contributed by atoms with Gasteiger partial charge < -0.3 is 14.2 Å². The maximum atomic E-state index is 12.7. The number of benzene rings is 1. The summed E-state index contributed by atoms with van der Waals surface area (Å²) in [7, 11) is 1.59. The van der Waals surface area contributed by atoms with Crippen LogP contribution in [0.4, 0.5) is 0 Å². The zero-order valence-corrected chi connectivity index (χ0v) is 18.2. The first-order valence-electron chi connectivity index (χ1n) is 10.9. The lowest BCUT2D eigenvalue weighted by molar-refractivity contribution is -0.131. The van der Waals surface area contributed by atoms with Crippen LogP contribution in [0.3, 0.4) is 0 Å². The number of nitrogens with one attached hydrogen (secondary N) is 1. The molecule has 32 heavy (non-hydrogen) atoms. The molecule has 3 heterocycles. The van der Waals surface area contributed by atoms with Gasteiger partial charge in [-0.25, -0.2) is 0 Å². The molecule has 3 aliphatic heterocycles. The molecule has 1 fully saturated rings. The fourth-order valence-electron chi connectivity index (χ4n) is 4.23. The average molecular weight is 440 g/mol. The number of methoxy groups -OCH3 is 1. The van der Waals surface area contributed by atoms with Crippen molar-refractivity contribution in [3.63, 3.8) is 0 Å². The van der Waals surface area contributed by atoms with Gasteiger partial charge in [0.05, 0.1) is 26.9 Å². The monoisotopic (exact) mass is 440 g/mol. The Hall–Kier alpha value is -2.97. The Kier molecular flexibility index (Phi) is 7.02. The summed E-state index contributed by atoms with van der Waals surface area (Å²) in [5, 5.41) is 2.42. The Balaban J connectivity index is 1.24. The highest BCUT2D eigenvalue weighted by Crippen LogP contribution is 2.25. The fourth-order valence-corrected chi connectivity index (χ4v) is 4.23. The van der Waals surface area contributed by atoms with Crippen molar-refractivity contribution in [3.8, 4) is 5.75 Å². The normalized spacial score (nSPS) is 19.5. The molecule has 0 radical (unpaired) electrons. The minimum Gasteiger partial charge on any atom is -0.497 e. The van der Waals surface area contributed by atoms with E-state index >= 15 is 0 Å². The van der Waals surface area contributed by atoms with Gasteiger partial charge in [-0.15, -0.1) is 0 Å². The second-order valence-corrected chi connectivity index (χ2v) is 8.25. The second-order valence-electron chi connectivity index (χ2n) is 8.25. The Bertz CT molecular complexity index is 942. The van der Waals surface area contributed by atoms with Crippen molar-refractivity contribution in [2.45, 2.75) is 19.3 Å². The van der Waals surface area contributed by atoms with Crippen molar-refractivity contribution in [1.29, 1.82) is 0 Å². The van der Waals surface area contributed by atoms with Crippen molar-refractivity contribution < 1.29 is 28.6 Å². The molecule has 0 atom stereocenters. The molecule has 0 spiro atoms. The summed E-state index contributed by atoms with van der Waals surface area (Å²) in [6, 6.07) is 7.14. The number of carbonyl (C=O) groups excluding carboxylic acids is 3. The van der Waals surface area contributed by atoms with Crippen molar-refractivity contribution in [2.24, 2.45) is 5.92 Å². The maximum Gasteiger partial charge on any atom is 0.292 e. The van der Waals surface area contributed by atoms with Gasteiger partial charge in [0, 0.05) is 11.5 Å². The summed E-state index contributed by atoms with van der Waals surface area (Å²) in [4.78, 5) is 39.5. The Morgan fingerprint density at radius 2 is 1.88 bits per heavy atom. The molecule has 2 amide bonds. The number of amides is 2. The zero-order valence-electron chi connectivity index (χ0n) is 18.2. The van der Waals surface area contributed by atoms with Gasteiger partial charge in [0.2, 0.25) is 5.91 Å². The minimum atomic E-state index is -0.516. The van der Waals surface area contributed by atoms with E-state index in [1.54, 1.807) is 37.5 Å². The maximum absolute atomic E-state index is 12.7. The van der Waals surface area contributed by atoms with Crippen LogP contribution >= 0.6 is 0 Å². The van der Waals surface area contributed by atoms with Gasteiger partial charge in [0.1, 0.15) is 12.4 Å². The molecule has 170 valence electrons. The van der Waals surface area contributed by atoms with Gasteiger partial charge in [0.25, 0.3) is 5.91 Å². The van der Waals surface area contributed by atoms with Crippen molar-refractivity contribution in [2.75, 3.05) is 46.6 Å². The molecular formula is C24H28N2O6. The van der Waals surface area contributed by atoms with Gasteiger partial charge >= 0.3 is 0 Å². The van der Waals surface area contributed by atoms with Crippen molar-refractivity contribution in [3.05, 3.63) is 52.8 Å². The largest absolute Gasteiger partial charge is 0.497 e. The van der Waals surface area contributed by atoms with E-state index in [2.05, 4.69) is 5.32 Å². The first-order valence-corrected chi connectivity index (χ1v) is 10.9. The highest BCUT2D eigenvalue weighted by atomic mass is 16.5. The summed E-state index contributed by atoms with van der Waals surface area (Å²) in [5.74, 6) is 0.0602. The van der Waals surface area contributed by atoms with E-state index in [0.29, 0.717) is 51.3 Å². The summed E-state index contributed by atoms with van der Waals surface area (Å²) >= 11 is 0. The van der Waals surface area contributed by atoms with Gasteiger partial charge in [0.15, 0.2) is 11.5 Å². The van der Waals surface area contributed by atoms with Crippen LogP contribution < -0.4 is 10.1 Å². The van der Waals surface area contributed by atoms with Crippen LogP contribution in [0.15, 0.2) is 47.2 Å². The van der Waals surface area contributed by atoms with E-state index < -0.39 is 5.91 Å². The van der Waals surface area contributed by atoms with Crippen LogP contribution in [-0.4, -0.2) is 69.1 Å². The van der Waals surface area contributed by atoms with E-state index in [-0.39, 0.29) is 29.9 Å². The van der Waals surface area contributed by atoms with Gasteiger partial charge in [-0.3, -0.25) is 24.6 Å². The van der Waals surface area contributed by atoms with Crippen molar-refractivity contribution >= 4 is 17.6 Å². The van der Waals surface area contributed by atoms with Crippen LogP contribution in [0, 0.1) is 5.92 Å². The predicted octanol–water partition coefficient (Wildman–Crippen LogP) is 1.86. The molecule has 0 aliphatic carbocycles. The molecule has 1 aromatic carbocycles. The number of piperidine rings is 1. The molecule has 0 saturated carbocycles. The highest BCUT2D eigenvalue weighted by Gasteiger charge is 2.28. The number of nitrogens with zero attached hydrogens (tertiary/aromatic N) is 1. The lowest BCUT2D eigenvalue weighted by Gasteiger charge is -2.30. The van der Waals surface area contributed by atoms with Crippen LogP contribution in [-0.2, 0) is 19.1 Å². The molecule has 3 aliphatic rings. The lowest BCUT2D eigenvalue weighted by Crippen LogP contribution is -2.44. The number of allylic oxidation sites excluding steroid dienone is 1. The van der Waals surface area contributed by atoms with Gasteiger partial charge in [-0.1, -0.05) is 0 Å². The molecule has 1 N–H and O–H groups in total. The lowest BCUT2D eigenvalue weighted by atomic mass is 9.89. The van der Waals surface area contributed by atoms with Gasteiger partial charge in [-0.05, 0) is 73.8 Å². The summed E-state index contributed by atoms with van der Waals surface area (Å²) in [6.07, 6.45) is 3.81. The molecule has 0 unspecified atom stereocenters. The molecule has 0 aromatic heterocycles. The zero-order chi connectivity index (χ0) is 22.5. The standard InChI is InChI=1S/C24H28N2O6/c1-30-20-4-2-16(3-5-20)23(28)17-6-9-26(10-7-17)13-22(27)25-24(29)21-12-18-8-11-31-14-19(18)15-32-21/h2-5,12,17H,6-11,13-15H2,1H3,(H,25,27,29). The number of likely N-dealkylation sites (tertiary alicyclic amines) is 1. The second kappa shape index (κ2) is 10.1. The average Bonchev–Trinajstić information content (AvgIpc) is 2.83. The minimum absolute atomic E-state index is 0.0629. The fraction of sp³-hybridized carbons (Fsp3) is 0.458. The molecule has 1 aromatic rings. The van der Waals surface area contributed by atoms with E-state index in [1.165, 1.54) is 0 Å². The molecule has 1 saturated heterocycles. The quantitative estimate of drug-likeness (QED) is 0.675. The number of hydrogen-bond donors (Lipinski definition) is 1. The van der Waals surface area contributed by atoms with E-state index in [4.69, 9.17) is 14.2 Å². The van der Waals surface area contributed by atoms with Crippen molar-refractivity contribution in [1.82, 2.24) is 10.2 Å². The third kappa shape index (κ3) is 5.26. The van der Waals surface area contributed by atoms with E-state index in [1.807, 2.05) is 4.90 Å². The number of Topliss-reactive ketones (excluding diaryl/α,β-unsaturated/α-hetero) is 1. The summed E-state index contributed by atoms with van der Waals surface area (Å²) < 4.78 is 16.0. The van der Waals surface area contributed by atoms with Crippen LogP contribution in [0.25, 0.3) is 0 Å². The number of ketones is 1. The highest BCUT2D eigenvalue weighted by molar-refractivity contribution is 6.04. The molecular weight excluding hydrogens is 412 g/mol. The van der Waals surface area contributed by atoms with Crippen LogP contribution in [0.2, 0.25) is 0 Å². The van der Waals surface area contributed by atoms with Crippen LogP contribution in [0.5, 0.6) is 5.75 Å². The molecule has 8 heteroatoms.